The summed E-state index contributed by atoms with van der Waals surface area (Å²) in [5.41, 5.74) is 1.56. The lowest BCUT2D eigenvalue weighted by Crippen LogP contribution is -2.48. The Bertz CT molecular complexity index is 680. The number of carbonyl (C=O) groups is 1. The Morgan fingerprint density at radius 3 is 2.38 bits per heavy atom. The molecule has 0 atom stereocenters. The summed E-state index contributed by atoms with van der Waals surface area (Å²) in [6.07, 6.45) is 0.431. The average Bonchev–Trinajstić information content (AvgIpc) is 2.60. The van der Waals surface area contributed by atoms with E-state index in [9.17, 15) is 9.18 Å². The van der Waals surface area contributed by atoms with Crippen molar-refractivity contribution in [2.45, 2.75) is 13.0 Å². The standard InChI is InChI=1S/C19H20ClFN2O/c20-17-7-4-8-18(21)16(17)14-22-9-11-23(12-10-22)19(24)13-15-5-2-1-3-6-15/h1-8H,9-14H2. The van der Waals surface area contributed by atoms with E-state index >= 15 is 0 Å². The molecule has 0 unspecified atom stereocenters. The van der Waals surface area contributed by atoms with Crippen LogP contribution in [0.3, 0.4) is 0 Å². The average molecular weight is 347 g/mol. The maximum absolute atomic E-state index is 13.9. The van der Waals surface area contributed by atoms with Gasteiger partial charge in [0.2, 0.25) is 5.91 Å². The van der Waals surface area contributed by atoms with E-state index in [1.807, 2.05) is 35.2 Å². The maximum atomic E-state index is 13.9. The molecule has 1 fully saturated rings. The number of piperazine rings is 1. The van der Waals surface area contributed by atoms with Gasteiger partial charge in [0.1, 0.15) is 5.82 Å². The molecule has 1 aliphatic rings. The van der Waals surface area contributed by atoms with Gasteiger partial charge in [0.25, 0.3) is 0 Å². The van der Waals surface area contributed by atoms with Crippen LogP contribution in [0.25, 0.3) is 0 Å². The first-order valence-electron chi connectivity index (χ1n) is 8.10. The van der Waals surface area contributed by atoms with Crippen molar-refractivity contribution in [2.24, 2.45) is 0 Å². The van der Waals surface area contributed by atoms with Crippen molar-refractivity contribution in [2.75, 3.05) is 26.2 Å². The molecular weight excluding hydrogens is 327 g/mol. The Labute approximate surface area is 146 Å². The van der Waals surface area contributed by atoms with Gasteiger partial charge >= 0.3 is 0 Å². The monoisotopic (exact) mass is 346 g/mol. The van der Waals surface area contributed by atoms with Crippen molar-refractivity contribution >= 4 is 17.5 Å². The fourth-order valence-electron chi connectivity index (χ4n) is 2.94. The number of carbonyl (C=O) groups excluding carboxylic acids is 1. The lowest BCUT2D eigenvalue weighted by Gasteiger charge is -2.35. The third-order valence-electron chi connectivity index (χ3n) is 4.37. The smallest absolute Gasteiger partial charge is 0.227 e. The first-order valence-corrected chi connectivity index (χ1v) is 8.48. The topological polar surface area (TPSA) is 23.6 Å². The van der Waals surface area contributed by atoms with Crippen LogP contribution in [0.1, 0.15) is 11.1 Å². The van der Waals surface area contributed by atoms with Gasteiger partial charge in [0, 0.05) is 43.3 Å². The van der Waals surface area contributed by atoms with Gasteiger partial charge < -0.3 is 4.90 Å². The molecule has 3 rings (SSSR count). The van der Waals surface area contributed by atoms with E-state index in [4.69, 9.17) is 11.6 Å². The molecular formula is C19H20ClFN2O. The van der Waals surface area contributed by atoms with E-state index < -0.39 is 0 Å². The highest BCUT2D eigenvalue weighted by molar-refractivity contribution is 6.31. The highest BCUT2D eigenvalue weighted by atomic mass is 35.5. The molecule has 0 bridgehead atoms. The van der Waals surface area contributed by atoms with Crippen LogP contribution >= 0.6 is 11.6 Å². The highest BCUT2D eigenvalue weighted by Gasteiger charge is 2.22. The van der Waals surface area contributed by atoms with Gasteiger partial charge in [-0.1, -0.05) is 48.0 Å². The number of amides is 1. The van der Waals surface area contributed by atoms with Gasteiger partial charge in [0.15, 0.2) is 0 Å². The molecule has 1 aliphatic heterocycles. The minimum Gasteiger partial charge on any atom is -0.340 e. The van der Waals surface area contributed by atoms with Crippen LogP contribution in [0.4, 0.5) is 4.39 Å². The molecule has 0 saturated carbocycles. The predicted molar refractivity (Wildman–Crippen MR) is 93.4 cm³/mol. The normalized spacial score (nSPS) is 15.5. The van der Waals surface area contributed by atoms with Crippen molar-refractivity contribution < 1.29 is 9.18 Å². The van der Waals surface area contributed by atoms with Crippen LogP contribution in [0.15, 0.2) is 48.5 Å². The molecule has 0 aliphatic carbocycles. The van der Waals surface area contributed by atoms with E-state index in [1.54, 1.807) is 12.1 Å². The van der Waals surface area contributed by atoms with Gasteiger partial charge in [0.05, 0.1) is 6.42 Å². The van der Waals surface area contributed by atoms with Crippen molar-refractivity contribution in [1.29, 1.82) is 0 Å². The van der Waals surface area contributed by atoms with Crippen molar-refractivity contribution in [3.05, 3.63) is 70.5 Å². The van der Waals surface area contributed by atoms with Crippen molar-refractivity contribution in [3.63, 3.8) is 0 Å². The van der Waals surface area contributed by atoms with E-state index in [2.05, 4.69) is 4.90 Å². The Balaban J connectivity index is 1.53. The zero-order chi connectivity index (χ0) is 16.9. The van der Waals surface area contributed by atoms with Crippen LogP contribution in [0.5, 0.6) is 0 Å². The third-order valence-corrected chi connectivity index (χ3v) is 4.72. The minimum absolute atomic E-state index is 0.143. The second-order valence-electron chi connectivity index (χ2n) is 6.02. The number of benzene rings is 2. The van der Waals surface area contributed by atoms with Gasteiger partial charge in [-0.05, 0) is 17.7 Å². The first kappa shape index (κ1) is 16.9. The number of rotatable bonds is 4. The molecule has 1 amide bonds. The summed E-state index contributed by atoms with van der Waals surface area (Å²) in [6.45, 7) is 3.26. The number of halogens is 2. The van der Waals surface area contributed by atoms with Gasteiger partial charge in [-0.3, -0.25) is 9.69 Å². The molecule has 0 aromatic heterocycles. The van der Waals surface area contributed by atoms with Crippen LogP contribution in [0.2, 0.25) is 5.02 Å². The summed E-state index contributed by atoms with van der Waals surface area (Å²) < 4.78 is 13.9. The van der Waals surface area contributed by atoms with Gasteiger partial charge in [-0.25, -0.2) is 4.39 Å². The first-order chi connectivity index (χ1) is 11.6. The summed E-state index contributed by atoms with van der Waals surface area (Å²) in [4.78, 5) is 16.4. The van der Waals surface area contributed by atoms with Gasteiger partial charge in [-0.15, -0.1) is 0 Å². The second-order valence-corrected chi connectivity index (χ2v) is 6.43. The zero-order valence-electron chi connectivity index (χ0n) is 13.4. The quantitative estimate of drug-likeness (QED) is 0.847. The molecule has 126 valence electrons. The molecule has 24 heavy (non-hydrogen) atoms. The summed E-state index contributed by atoms with van der Waals surface area (Å²) in [5.74, 6) is -0.130. The Morgan fingerprint density at radius 1 is 1.00 bits per heavy atom. The highest BCUT2D eigenvalue weighted by Crippen LogP contribution is 2.21. The van der Waals surface area contributed by atoms with Crippen molar-refractivity contribution in [1.82, 2.24) is 9.80 Å². The summed E-state index contributed by atoms with van der Waals surface area (Å²) >= 11 is 6.09. The zero-order valence-corrected chi connectivity index (χ0v) is 14.2. The fraction of sp³-hybridized carbons (Fsp3) is 0.316. The Morgan fingerprint density at radius 2 is 1.71 bits per heavy atom. The number of nitrogens with zero attached hydrogens (tertiary/aromatic N) is 2. The van der Waals surface area contributed by atoms with Crippen LogP contribution < -0.4 is 0 Å². The molecule has 5 heteroatoms. The van der Waals surface area contributed by atoms with Crippen LogP contribution in [-0.2, 0) is 17.8 Å². The van der Waals surface area contributed by atoms with Crippen molar-refractivity contribution in [3.8, 4) is 0 Å². The van der Waals surface area contributed by atoms with Gasteiger partial charge in [-0.2, -0.15) is 0 Å². The number of hydrogen-bond donors (Lipinski definition) is 0. The lowest BCUT2D eigenvalue weighted by atomic mass is 10.1. The van der Waals surface area contributed by atoms with Crippen LogP contribution in [-0.4, -0.2) is 41.9 Å². The van der Waals surface area contributed by atoms with E-state index in [-0.39, 0.29) is 11.7 Å². The Kier molecular flexibility index (Phi) is 5.48. The molecule has 2 aromatic carbocycles. The second kappa shape index (κ2) is 7.77. The van der Waals surface area contributed by atoms with E-state index in [1.165, 1.54) is 6.07 Å². The largest absolute Gasteiger partial charge is 0.340 e. The summed E-state index contributed by atoms with van der Waals surface area (Å²) in [5, 5.41) is 0.456. The SMILES string of the molecule is O=C(Cc1ccccc1)N1CCN(Cc2c(F)cccc2Cl)CC1. The molecule has 3 nitrogen and oxygen atoms in total. The predicted octanol–water partition coefficient (Wildman–Crippen LogP) is 3.37. The van der Waals surface area contributed by atoms with Crippen LogP contribution in [0, 0.1) is 5.82 Å². The maximum Gasteiger partial charge on any atom is 0.227 e. The summed E-state index contributed by atoms with van der Waals surface area (Å²) in [6, 6.07) is 14.5. The molecule has 0 spiro atoms. The molecule has 0 radical (unpaired) electrons. The molecule has 2 aromatic rings. The molecule has 0 N–H and O–H groups in total. The van der Waals surface area contributed by atoms with E-state index in [0.29, 0.717) is 36.6 Å². The van der Waals surface area contributed by atoms with E-state index in [0.717, 1.165) is 18.7 Å². The Hall–Kier alpha value is -1.91. The fourth-order valence-corrected chi connectivity index (χ4v) is 3.17. The molecule has 1 heterocycles. The lowest BCUT2D eigenvalue weighted by molar-refractivity contribution is -0.132. The minimum atomic E-state index is -0.273. The number of hydrogen-bond acceptors (Lipinski definition) is 2. The third kappa shape index (κ3) is 4.13. The molecule has 1 saturated heterocycles. The summed E-state index contributed by atoms with van der Waals surface area (Å²) in [7, 11) is 0.